The summed E-state index contributed by atoms with van der Waals surface area (Å²) in [6.45, 7) is 10.3. The van der Waals surface area contributed by atoms with E-state index in [0.717, 1.165) is 37.3 Å². The first-order valence-electron chi connectivity index (χ1n) is 13.2. The average molecular weight is 574 g/mol. The van der Waals surface area contributed by atoms with Crippen LogP contribution in [0.15, 0.2) is 58.5 Å². The first kappa shape index (κ1) is 30.8. The largest absolute Gasteiger partial charge is 0.478 e. The minimum Gasteiger partial charge on any atom is -0.478 e. The van der Waals surface area contributed by atoms with Crippen LogP contribution in [-0.4, -0.2) is 43.8 Å². The lowest BCUT2D eigenvalue weighted by molar-refractivity contribution is -0.131. The van der Waals surface area contributed by atoms with Crippen molar-refractivity contribution in [2.45, 2.75) is 70.1 Å². The molecular weight excluding hydrogens is 534 g/mol. The van der Waals surface area contributed by atoms with Crippen LogP contribution in [0, 0.1) is 10.8 Å². The van der Waals surface area contributed by atoms with E-state index in [9.17, 15) is 18.0 Å². The number of thioether (sulfide) groups is 1. The van der Waals surface area contributed by atoms with Crippen molar-refractivity contribution in [3.05, 3.63) is 54.3 Å². The quantitative estimate of drug-likeness (QED) is 0.139. The summed E-state index contributed by atoms with van der Waals surface area (Å²) in [7, 11) is -3.72. The lowest BCUT2D eigenvalue weighted by Gasteiger charge is -2.36. The highest BCUT2D eigenvalue weighted by molar-refractivity contribution is 7.98. The number of unbranched alkanes of at least 4 members (excludes halogenated alkanes) is 1. The number of ketones is 1. The third-order valence-electron chi connectivity index (χ3n) is 7.20. The van der Waals surface area contributed by atoms with Crippen LogP contribution in [0.3, 0.4) is 0 Å². The molecule has 1 atom stereocenters. The van der Waals surface area contributed by atoms with Gasteiger partial charge in [-0.05, 0) is 49.4 Å². The van der Waals surface area contributed by atoms with Crippen molar-refractivity contribution >= 4 is 44.7 Å². The first-order valence-corrected chi connectivity index (χ1v) is 16.1. The minimum absolute atomic E-state index is 0.00358. The van der Waals surface area contributed by atoms with Crippen molar-refractivity contribution in [3.63, 3.8) is 0 Å². The van der Waals surface area contributed by atoms with Gasteiger partial charge in [0.25, 0.3) is 0 Å². The van der Waals surface area contributed by atoms with E-state index in [1.54, 1.807) is 6.07 Å². The van der Waals surface area contributed by atoms with Gasteiger partial charge in [-0.15, -0.1) is 11.8 Å². The average Bonchev–Trinajstić information content (AvgIpc) is 2.98. The molecule has 0 bridgehead atoms. The van der Waals surface area contributed by atoms with Crippen molar-refractivity contribution in [1.29, 1.82) is 0 Å². The van der Waals surface area contributed by atoms with E-state index in [4.69, 9.17) is 9.84 Å². The normalized spacial score (nSPS) is 19.0. The SMILES string of the molecule is CCCCC1(CC)CN(c2ccc(C(=O)C(C)(C)C)cc2)c2cc(SC)c(O/C=C/C(=O)O)cc2S(=O)(=O)C1. The maximum atomic E-state index is 13.9. The van der Waals surface area contributed by atoms with Crippen molar-refractivity contribution in [2.24, 2.45) is 10.8 Å². The summed E-state index contributed by atoms with van der Waals surface area (Å²) in [6.07, 6.45) is 7.11. The Labute approximate surface area is 236 Å². The number of aliphatic carboxylic acids is 1. The van der Waals surface area contributed by atoms with Crippen molar-refractivity contribution in [1.82, 2.24) is 0 Å². The number of fused-ring (bicyclic) bond motifs is 1. The summed E-state index contributed by atoms with van der Waals surface area (Å²) in [5.41, 5.74) is 0.981. The molecule has 2 aromatic carbocycles. The first-order chi connectivity index (χ1) is 18.3. The van der Waals surface area contributed by atoms with Gasteiger partial charge in [0.2, 0.25) is 0 Å². The third kappa shape index (κ3) is 7.06. The molecule has 1 aliphatic rings. The number of benzene rings is 2. The summed E-state index contributed by atoms with van der Waals surface area (Å²) >= 11 is 1.39. The molecule has 212 valence electrons. The van der Waals surface area contributed by atoms with E-state index in [-0.39, 0.29) is 22.2 Å². The molecule has 3 rings (SSSR count). The molecule has 1 unspecified atom stereocenters. The summed E-state index contributed by atoms with van der Waals surface area (Å²) < 4.78 is 33.5. The number of anilines is 2. The van der Waals surface area contributed by atoms with E-state index in [1.165, 1.54) is 17.8 Å². The fourth-order valence-electron chi connectivity index (χ4n) is 4.90. The summed E-state index contributed by atoms with van der Waals surface area (Å²) in [5, 5.41) is 8.95. The Hall–Kier alpha value is -2.78. The molecule has 0 aliphatic carbocycles. The molecule has 1 aliphatic heterocycles. The fraction of sp³-hybridized carbons (Fsp3) is 0.467. The van der Waals surface area contributed by atoms with Gasteiger partial charge in [-0.3, -0.25) is 4.79 Å². The number of hydrogen-bond acceptors (Lipinski definition) is 7. The fourth-order valence-corrected chi connectivity index (χ4v) is 7.62. The molecule has 9 heteroatoms. The Morgan fingerprint density at radius 1 is 1.15 bits per heavy atom. The highest BCUT2D eigenvalue weighted by Gasteiger charge is 2.42. The van der Waals surface area contributed by atoms with Crippen molar-refractivity contribution in [2.75, 3.05) is 23.5 Å². The standard InChI is InChI=1S/C30H39NO6S2/c1-7-9-15-30(8-2)19-31(22-12-10-21(11-13-22)28(34)29(3,4)5)23-17-25(38-6)24(37-16-14-27(32)33)18-26(23)39(35,36)20-30/h10-14,16-18H,7-9,15,19-20H2,1-6H3,(H,32,33)/b16-14+. The maximum Gasteiger partial charge on any atom is 0.331 e. The predicted octanol–water partition coefficient (Wildman–Crippen LogP) is 7.13. The zero-order valence-electron chi connectivity index (χ0n) is 23.6. The van der Waals surface area contributed by atoms with Crippen LogP contribution in [0.1, 0.15) is 70.7 Å². The van der Waals surface area contributed by atoms with Crippen LogP contribution in [0.4, 0.5) is 11.4 Å². The maximum absolute atomic E-state index is 13.9. The molecule has 0 spiro atoms. The van der Waals surface area contributed by atoms with Gasteiger partial charge in [-0.25, -0.2) is 13.2 Å². The van der Waals surface area contributed by atoms with Crippen LogP contribution in [0.2, 0.25) is 0 Å². The topological polar surface area (TPSA) is 101 Å². The van der Waals surface area contributed by atoms with Gasteiger partial charge in [0.05, 0.1) is 33.6 Å². The molecule has 0 saturated carbocycles. The van der Waals surface area contributed by atoms with Gasteiger partial charge in [-0.1, -0.05) is 47.5 Å². The zero-order valence-corrected chi connectivity index (χ0v) is 25.2. The number of hydrogen-bond donors (Lipinski definition) is 1. The van der Waals surface area contributed by atoms with Crippen molar-refractivity contribution < 1.29 is 27.9 Å². The second-order valence-electron chi connectivity index (χ2n) is 11.2. The number of carboxylic acids is 1. The van der Waals surface area contributed by atoms with Crippen LogP contribution >= 0.6 is 11.8 Å². The second kappa shape index (κ2) is 12.2. The third-order valence-corrected chi connectivity index (χ3v) is 9.95. The Kier molecular flexibility index (Phi) is 9.60. The Morgan fingerprint density at radius 2 is 1.82 bits per heavy atom. The molecule has 1 heterocycles. The molecule has 39 heavy (non-hydrogen) atoms. The summed E-state index contributed by atoms with van der Waals surface area (Å²) in [4.78, 5) is 26.7. The number of carboxylic acid groups (broad SMARTS) is 1. The molecule has 0 fully saturated rings. The monoisotopic (exact) mass is 573 g/mol. The molecule has 7 nitrogen and oxygen atoms in total. The van der Waals surface area contributed by atoms with Gasteiger partial charge in [0, 0.05) is 34.7 Å². The predicted molar refractivity (Wildman–Crippen MR) is 157 cm³/mol. The number of Topliss-reactive ketones (excluding diaryl/α,β-unsaturated/α-hetero) is 1. The number of rotatable bonds is 10. The molecule has 0 radical (unpaired) electrons. The van der Waals surface area contributed by atoms with E-state index in [0.29, 0.717) is 29.1 Å². The Bertz CT molecular complexity index is 1340. The summed E-state index contributed by atoms with van der Waals surface area (Å²) in [6, 6.07) is 10.7. The number of carbonyl (C=O) groups excluding carboxylic acids is 1. The van der Waals surface area contributed by atoms with Gasteiger partial charge in [0.1, 0.15) is 5.75 Å². The lowest BCUT2D eigenvalue weighted by atomic mass is 9.81. The van der Waals surface area contributed by atoms with Crippen molar-refractivity contribution in [3.8, 4) is 5.75 Å². The van der Waals surface area contributed by atoms with Gasteiger partial charge < -0.3 is 14.7 Å². The Morgan fingerprint density at radius 3 is 2.36 bits per heavy atom. The van der Waals surface area contributed by atoms with Gasteiger partial charge in [-0.2, -0.15) is 0 Å². The molecule has 0 saturated heterocycles. The number of carbonyl (C=O) groups is 2. The molecule has 0 aromatic heterocycles. The highest BCUT2D eigenvalue weighted by atomic mass is 32.2. The van der Waals surface area contributed by atoms with E-state index >= 15 is 0 Å². The zero-order chi connectivity index (χ0) is 29.0. The van der Waals surface area contributed by atoms with Crippen LogP contribution < -0.4 is 9.64 Å². The van der Waals surface area contributed by atoms with Gasteiger partial charge >= 0.3 is 5.97 Å². The van der Waals surface area contributed by atoms with E-state index in [2.05, 4.69) is 11.8 Å². The number of nitrogens with zero attached hydrogens (tertiary/aromatic N) is 1. The molecule has 0 amide bonds. The molecule has 1 N–H and O–H groups in total. The number of sulfone groups is 1. The smallest absolute Gasteiger partial charge is 0.331 e. The molecular formula is C30H39NO6S2. The van der Waals surface area contributed by atoms with Crippen LogP contribution in [-0.2, 0) is 14.6 Å². The Balaban J connectivity index is 2.23. The summed E-state index contributed by atoms with van der Waals surface area (Å²) in [5.74, 6) is -0.833. The van der Waals surface area contributed by atoms with Crippen LogP contribution in [0.5, 0.6) is 5.75 Å². The molecule has 2 aromatic rings. The second-order valence-corrected chi connectivity index (χ2v) is 14.0. The van der Waals surface area contributed by atoms with Gasteiger partial charge in [0.15, 0.2) is 15.6 Å². The van der Waals surface area contributed by atoms with Crippen LogP contribution in [0.25, 0.3) is 0 Å². The highest BCUT2D eigenvalue weighted by Crippen LogP contribution is 2.47. The van der Waals surface area contributed by atoms with E-state index in [1.807, 2.05) is 58.2 Å². The van der Waals surface area contributed by atoms with E-state index < -0.39 is 26.6 Å². The number of ether oxygens (including phenoxy) is 1. The lowest BCUT2D eigenvalue weighted by Crippen LogP contribution is -2.38. The minimum atomic E-state index is -3.72.